The minimum absolute atomic E-state index is 0.116. The fourth-order valence-electron chi connectivity index (χ4n) is 4.22. The van der Waals surface area contributed by atoms with Crippen molar-refractivity contribution in [3.8, 4) is 6.07 Å². The third-order valence-corrected chi connectivity index (χ3v) is 5.61. The molecule has 0 saturated heterocycles. The summed E-state index contributed by atoms with van der Waals surface area (Å²) in [4.78, 5) is 8.88. The van der Waals surface area contributed by atoms with Crippen molar-refractivity contribution in [1.82, 2.24) is 9.97 Å². The van der Waals surface area contributed by atoms with Crippen LogP contribution in [0.25, 0.3) is 0 Å². The minimum atomic E-state index is -0.657. The molecule has 0 radical (unpaired) electrons. The topological polar surface area (TPSA) is 103 Å². The molecule has 0 spiro atoms. The SMILES string of the molecule is CCOC1CCC(Nc2ncc(C#N)c(N[C@@H]3CCCC(C)(O)C3)n2)CC1. The normalized spacial score (nSPS) is 31.1. The maximum Gasteiger partial charge on any atom is 0.224 e. The number of rotatable bonds is 6. The molecule has 27 heavy (non-hydrogen) atoms. The Hall–Kier alpha value is -1.91. The number of anilines is 2. The third kappa shape index (κ3) is 5.53. The molecule has 3 rings (SSSR count). The van der Waals surface area contributed by atoms with Crippen LogP contribution in [-0.2, 0) is 4.74 Å². The van der Waals surface area contributed by atoms with Crippen LogP contribution >= 0.6 is 0 Å². The van der Waals surface area contributed by atoms with E-state index in [9.17, 15) is 10.4 Å². The number of aliphatic hydroxyl groups is 1. The highest BCUT2D eigenvalue weighted by atomic mass is 16.5. The second-order valence-electron chi connectivity index (χ2n) is 8.08. The van der Waals surface area contributed by atoms with Crippen molar-refractivity contribution >= 4 is 11.8 Å². The molecule has 2 aliphatic carbocycles. The molecule has 7 heteroatoms. The molecule has 2 saturated carbocycles. The van der Waals surface area contributed by atoms with Gasteiger partial charge in [-0.15, -0.1) is 0 Å². The van der Waals surface area contributed by atoms with Crippen LogP contribution in [0.5, 0.6) is 0 Å². The first-order valence-electron chi connectivity index (χ1n) is 10.1. The van der Waals surface area contributed by atoms with Gasteiger partial charge in [-0.2, -0.15) is 10.2 Å². The number of ether oxygens (including phenoxy) is 1. The zero-order valence-corrected chi connectivity index (χ0v) is 16.4. The van der Waals surface area contributed by atoms with Crippen LogP contribution in [0.2, 0.25) is 0 Å². The van der Waals surface area contributed by atoms with E-state index >= 15 is 0 Å². The molecular weight excluding hydrogens is 342 g/mol. The molecule has 0 aliphatic heterocycles. The largest absolute Gasteiger partial charge is 0.390 e. The van der Waals surface area contributed by atoms with Crippen LogP contribution in [0.3, 0.4) is 0 Å². The van der Waals surface area contributed by atoms with Crippen molar-refractivity contribution in [3.63, 3.8) is 0 Å². The van der Waals surface area contributed by atoms with Crippen LogP contribution in [0, 0.1) is 11.3 Å². The van der Waals surface area contributed by atoms with Gasteiger partial charge in [0.05, 0.1) is 17.9 Å². The molecule has 0 bridgehead atoms. The van der Waals surface area contributed by atoms with Crippen molar-refractivity contribution in [2.24, 2.45) is 0 Å². The summed E-state index contributed by atoms with van der Waals surface area (Å²) in [5, 5.41) is 26.5. The lowest BCUT2D eigenvalue weighted by Crippen LogP contribution is -2.38. The molecule has 3 N–H and O–H groups in total. The van der Waals surface area contributed by atoms with Gasteiger partial charge < -0.3 is 20.5 Å². The van der Waals surface area contributed by atoms with E-state index in [1.165, 1.54) is 0 Å². The molecule has 148 valence electrons. The Kier molecular flexibility index (Phi) is 6.51. The second-order valence-corrected chi connectivity index (χ2v) is 8.08. The van der Waals surface area contributed by atoms with Crippen molar-refractivity contribution in [1.29, 1.82) is 5.26 Å². The Labute approximate surface area is 161 Å². The van der Waals surface area contributed by atoms with Gasteiger partial charge in [-0.25, -0.2) is 4.98 Å². The van der Waals surface area contributed by atoms with Crippen LogP contribution in [-0.4, -0.2) is 45.5 Å². The summed E-state index contributed by atoms with van der Waals surface area (Å²) in [6, 6.07) is 2.61. The highest BCUT2D eigenvalue weighted by Gasteiger charge is 2.30. The summed E-state index contributed by atoms with van der Waals surface area (Å²) in [6.45, 7) is 4.68. The van der Waals surface area contributed by atoms with Crippen molar-refractivity contribution in [2.75, 3.05) is 17.2 Å². The molecule has 0 amide bonds. The molecule has 1 aromatic rings. The number of aromatic nitrogens is 2. The van der Waals surface area contributed by atoms with Gasteiger partial charge >= 0.3 is 0 Å². The first kappa shape index (κ1) is 19.8. The molecule has 7 nitrogen and oxygen atoms in total. The molecular formula is C20H31N5O2. The standard InChI is InChI=1S/C20H31N5O2/c1-3-27-17-8-6-15(7-9-17)24-19-22-13-14(12-21)18(25-19)23-16-5-4-10-20(2,26)11-16/h13,15-17,26H,3-11H2,1-2H3,(H2,22,23,24,25)/t15?,16-,17?,20?/m1/s1. The third-order valence-electron chi connectivity index (χ3n) is 5.61. The first-order chi connectivity index (χ1) is 13.0. The number of nitriles is 1. The monoisotopic (exact) mass is 373 g/mol. The van der Waals surface area contributed by atoms with Gasteiger partial charge in [-0.1, -0.05) is 0 Å². The highest BCUT2D eigenvalue weighted by molar-refractivity contribution is 5.54. The molecule has 2 fully saturated rings. The smallest absolute Gasteiger partial charge is 0.224 e. The van der Waals surface area contributed by atoms with E-state index in [4.69, 9.17) is 4.74 Å². The number of hydrogen-bond acceptors (Lipinski definition) is 7. The van der Waals surface area contributed by atoms with Gasteiger partial charge in [-0.05, 0) is 65.2 Å². The predicted octanol–water partition coefficient (Wildman–Crippen LogP) is 3.21. The molecule has 0 aromatic carbocycles. The predicted molar refractivity (Wildman–Crippen MR) is 105 cm³/mol. The molecule has 1 heterocycles. The Balaban J connectivity index is 1.63. The zero-order chi connectivity index (χ0) is 19.3. The lowest BCUT2D eigenvalue weighted by molar-refractivity contribution is 0.0182. The summed E-state index contributed by atoms with van der Waals surface area (Å²) < 4.78 is 5.71. The highest BCUT2D eigenvalue weighted by Crippen LogP contribution is 2.30. The van der Waals surface area contributed by atoms with E-state index in [0.29, 0.717) is 35.9 Å². The minimum Gasteiger partial charge on any atom is -0.390 e. The summed E-state index contributed by atoms with van der Waals surface area (Å²) in [7, 11) is 0. The average molecular weight is 374 g/mol. The van der Waals surface area contributed by atoms with Crippen LogP contribution in [0.1, 0.15) is 70.8 Å². The summed E-state index contributed by atoms with van der Waals surface area (Å²) in [6.07, 6.45) is 9.50. The lowest BCUT2D eigenvalue weighted by atomic mass is 9.83. The van der Waals surface area contributed by atoms with Crippen molar-refractivity contribution in [2.45, 2.75) is 89.0 Å². The molecule has 2 atom stereocenters. The number of nitrogens with one attached hydrogen (secondary N) is 2. The number of hydrogen-bond donors (Lipinski definition) is 3. The van der Waals surface area contributed by atoms with Crippen LogP contribution in [0.15, 0.2) is 6.20 Å². The molecule has 2 aliphatic rings. The Morgan fingerprint density at radius 2 is 2.04 bits per heavy atom. The quantitative estimate of drug-likeness (QED) is 0.703. The van der Waals surface area contributed by atoms with Crippen LogP contribution < -0.4 is 10.6 Å². The Morgan fingerprint density at radius 1 is 1.26 bits per heavy atom. The van der Waals surface area contributed by atoms with Crippen LogP contribution in [0.4, 0.5) is 11.8 Å². The average Bonchev–Trinajstić information content (AvgIpc) is 2.63. The zero-order valence-electron chi connectivity index (χ0n) is 16.4. The number of nitrogens with zero attached hydrogens (tertiary/aromatic N) is 3. The van der Waals surface area contributed by atoms with Gasteiger partial charge in [0.2, 0.25) is 5.95 Å². The Bertz CT molecular complexity index is 665. The van der Waals surface area contributed by atoms with Gasteiger partial charge in [0.15, 0.2) is 0 Å². The van der Waals surface area contributed by atoms with Gasteiger partial charge in [0.25, 0.3) is 0 Å². The molecule has 1 aromatic heterocycles. The van der Waals surface area contributed by atoms with E-state index in [1.54, 1.807) is 6.20 Å². The van der Waals surface area contributed by atoms with E-state index < -0.39 is 5.60 Å². The summed E-state index contributed by atoms with van der Waals surface area (Å²) in [5.74, 6) is 1.11. The van der Waals surface area contributed by atoms with Gasteiger partial charge in [0.1, 0.15) is 17.5 Å². The Morgan fingerprint density at radius 3 is 2.70 bits per heavy atom. The fraction of sp³-hybridized carbons (Fsp3) is 0.750. The fourth-order valence-corrected chi connectivity index (χ4v) is 4.22. The lowest BCUT2D eigenvalue weighted by Gasteiger charge is -2.34. The van der Waals surface area contributed by atoms with Crippen molar-refractivity contribution in [3.05, 3.63) is 11.8 Å². The van der Waals surface area contributed by atoms with E-state index in [1.807, 2.05) is 13.8 Å². The van der Waals surface area contributed by atoms with Gasteiger partial charge in [-0.3, -0.25) is 0 Å². The summed E-state index contributed by atoms with van der Waals surface area (Å²) in [5.41, 5.74) is -0.221. The van der Waals surface area contributed by atoms with E-state index in [2.05, 4.69) is 26.7 Å². The van der Waals surface area contributed by atoms with E-state index in [0.717, 1.165) is 51.6 Å². The first-order valence-corrected chi connectivity index (χ1v) is 10.1. The summed E-state index contributed by atoms with van der Waals surface area (Å²) >= 11 is 0. The second kappa shape index (κ2) is 8.85. The molecule has 1 unspecified atom stereocenters. The van der Waals surface area contributed by atoms with E-state index in [-0.39, 0.29) is 6.04 Å². The maximum absolute atomic E-state index is 10.3. The maximum atomic E-state index is 10.3. The van der Waals surface area contributed by atoms with Gasteiger partial charge in [0, 0.05) is 18.7 Å². The van der Waals surface area contributed by atoms with Crippen molar-refractivity contribution < 1.29 is 9.84 Å².